The molecule has 3 aromatic carbocycles. The lowest BCUT2D eigenvalue weighted by Gasteiger charge is -2.22. The van der Waals surface area contributed by atoms with Gasteiger partial charge < -0.3 is 0 Å². The predicted molar refractivity (Wildman–Crippen MR) is 130 cm³/mol. The van der Waals surface area contributed by atoms with E-state index < -0.39 is 0 Å². The molecule has 1 aliphatic heterocycles. The summed E-state index contributed by atoms with van der Waals surface area (Å²) in [6.07, 6.45) is 2.51. The Balaban J connectivity index is 1.40. The summed E-state index contributed by atoms with van der Waals surface area (Å²) in [4.78, 5) is 22.4. The molecule has 32 heavy (non-hydrogen) atoms. The van der Waals surface area contributed by atoms with Crippen LogP contribution in [-0.4, -0.2) is 32.9 Å². The van der Waals surface area contributed by atoms with Crippen molar-refractivity contribution < 1.29 is 4.79 Å². The minimum atomic E-state index is -0.0707. The van der Waals surface area contributed by atoms with Gasteiger partial charge in [0.2, 0.25) is 0 Å². The molecule has 7 heteroatoms. The zero-order valence-electron chi connectivity index (χ0n) is 17.1. The van der Waals surface area contributed by atoms with Crippen LogP contribution in [0.25, 0.3) is 22.2 Å². The van der Waals surface area contributed by atoms with Crippen LogP contribution in [-0.2, 0) is 4.79 Å². The molecule has 0 bridgehead atoms. The summed E-state index contributed by atoms with van der Waals surface area (Å²) in [6, 6.07) is 25.4. The molecule has 0 radical (unpaired) electrons. The van der Waals surface area contributed by atoms with Crippen molar-refractivity contribution in [2.45, 2.75) is 17.6 Å². The summed E-state index contributed by atoms with van der Waals surface area (Å²) in [5.41, 5.74) is 3.64. The predicted octanol–water partition coefficient (Wildman–Crippen LogP) is 6.00. The van der Waals surface area contributed by atoms with E-state index in [2.05, 4.69) is 10.1 Å². The van der Waals surface area contributed by atoms with Crippen LogP contribution in [0, 0.1) is 0 Å². The molecule has 1 amide bonds. The van der Waals surface area contributed by atoms with Gasteiger partial charge in [-0.25, -0.2) is 15.0 Å². The Morgan fingerprint density at radius 2 is 1.75 bits per heavy atom. The number of hydrogen-bond donors (Lipinski definition) is 0. The average molecular weight is 459 g/mol. The maximum atomic E-state index is 13.0. The Hall–Kier alpha value is -3.22. The summed E-state index contributed by atoms with van der Waals surface area (Å²) in [7, 11) is 0. The first-order valence-corrected chi connectivity index (χ1v) is 11.6. The quantitative estimate of drug-likeness (QED) is 0.272. The van der Waals surface area contributed by atoms with Crippen LogP contribution >= 0.6 is 23.4 Å². The van der Waals surface area contributed by atoms with Gasteiger partial charge in [0.1, 0.15) is 0 Å². The van der Waals surface area contributed by atoms with Gasteiger partial charge in [0, 0.05) is 28.6 Å². The molecular formula is C25H19ClN4OS. The Morgan fingerprint density at radius 1 is 1.00 bits per heavy atom. The number of fused-ring (bicyclic) bond motifs is 1. The van der Waals surface area contributed by atoms with Gasteiger partial charge in [-0.1, -0.05) is 84.0 Å². The smallest absolute Gasteiger partial charge is 0.253 e. The lowest BCUT2D eigenvalue weighted by Crippen LogP contribution is -2.28. The number of halogens is 1. The average Bonchev–Trinajstić information content (AvgIpc) is 3.33. The van der Waals surface area contributed by atoms with E-state index in [1.165, 1.54) is 11.8 Å². The highest BCUT2D eigenvalue weighted by Crippen LogP contribution is 2.32. The molecule has 5 nitrogen and oxygen atoms in total. The monoisotopic (exact) mass is 458 g/mol. The Morgan fingerprint density at radius 3 is 2.53 bits per heavy atom. The molecule has 4 aromatic rings. The number of rotatable bonds is 5. The lowest BCUT2D eigenvalue weighted by molar-refractivity contribution is -0.130. The van der Waals surface area contributed by atoms with Crippen molar-refractivity contribution in [3.05, 3.63) is 89.4 Å². The van der Waals surface area contributed by atoms with E-state index in [0.29, 0.717) is 16.6 Å². The van der Waals surface area contributed by atoms with Crippen LogP contribution in [0.4, 0.5) is 0 Å². The highest BCUT2D eigenvalue weighted by atomic mass is 35.5. The molecule has 1 unspecified atom stereocenters. The van der Waals surface area contributed by atoms with Crippen LogP contribution in [0.2, 0.25) is 5.02 Å². The molecule has 2 heterocycles. The highest BCUT2D eigenvalue weighted by Gasteiger charge is 2.28. The molecule has 0 N–H and O–H groups in total. The molecule has 0 fully saturated rings. The van der Waals surface area contributed by atoms with Gasteiger partial charge in [0.05, 0.1) is 23.0 Å². The van der Waals surface area contributed by atoms with Gasteiger partial charge in [0.25, 0.3) is 5.91 Å². The Bertz CT molecular complexity index is 1300. The van der Waals surface area contributed by atoms with Crippen molar-refractivity contribution in [1.29, 1.82) is 0 Å². The largest absolute Gasteiger partial charge is 0.272 e. The van der Waals surface area contributed by atoms with Gasteiger partial charge in [-0.2, -0.15) is 5.10 Å². The van der Waals surface area contributed by atoms with Crippen LogP contribution in [0.1, 0.15) is 18.0 Å². The number of benzene rings is 3. The maximum absolute atomic E-state index is 13.0. The highest BCUT2D eigenvalue weighted by molar-refractivity contribution is 7.99. The summed E-state index contributed by atoms with van der Waals surface area (Å²) in [5.74, 6) is 0.132. The van der Waals surface area contributed by atoms with Crippen molar-refractivity contribution in [3.63, 3.8) is 0 Å². The number of aromatic nitrogens is 2. The zero-order valence-corrected chi connectivity index (χ0v) is 18.6. The first-order valence-electron chi connectivity index (χ1n) is 10.2. The fourth-order valence-corrected chi connectivity index (χ4v) is 4.63. The third-order valence-electron chi connectivity index (χ3n) is 5.28. The van der Waals surface area contributed by atoms with Crippen molar-refractivity contribution in [2.75, 3.05) is 5.75 Å². The van der Waals surface area contributed by atoms with E-state index in [0.717, 1.165) is 27.7 Å². The third kappa shape index (κ3) is 4.24. The van der Waals surface area contributed by atoms with Crippen LogP contribution in [0.3, 0.4) is 0 Å². The fraction of sp³-hybridized carbons (Fsp3) is 0.120. The molecule has 0 spiro atoms. The molecule has 0 saturated carbocycles. The first kappa shape index (κ1) is 20.7. The summed E-state index contributed by atoms with van der Waals surface area (Å²) in [5, 5.41) is 7.95. The van der Waals surface area contributed by atoms with Crippen LogP contribution in [0.5, 0.6) is 0 Å². The van der Waals surface area contributed by atoms with Crippen molar-refractivity contribution in [1.82, 2.24) is 15.0 Å². The number of amides is 1. The first-order chi connectivity index (χ1) is 15.7. The van der Waals surface area contributed by atoms with E-state index in [4.69, 9.17) is 16.6 Å². The lowest BCUT2D eigenvalue weighted by atomic mass is 10.0. The SMILES string of the molecule is O=C(CSc1nc(-c2ccccc2)c2cc(Cl)ccc2n1)N1N=CCC1c1ccccc1. The van der Waals surface area contributed by atoms with Crippen LogP contribution < -0.4 is 0 Å². The molecule has 0 aliphatic carbocycles. The Kier molecular flexibility index (Phi) is 5.88. The number of nitrogens with zero attached hydrogens (tertiary/aromatic N) is 4. The topological polar surface area (TPSA) is 58.5 Å². The van der Waals surface area contributed by atoms with Crippen LogP contribution in [0.15, 0.2) is 89.1 Å². The number of carbonyl (C=O) groups excluding carboxylic acids is 1. The number of thioether (sulfide) groups is 1. The molecule has 5 rings (SSSR count). The van der Waals surface area contributed by atoms with Gasteiger partial charge >= 0.3 is 0 Å². The van der Waals surface area contributed by atoms with Gasteiger partial charge in [-0.15, -0.1) is 0 Å². The second-order valence-corrected chi connectivity index (χ2v) is 8.75. The fourth-order valence-electron chi connectivity index (χ4n) is 3.76. The van der Waals surface area contributed by atoms with Crippen molar-refractivity contribution >= 4 is 46.4 Å². The molecule has 1 atom stereocenters. The van der Waals surface area contributed by atoms with E-state index in [-0.39, 0.29) is 17.7 Å². The number of hydrogen-bond acceptors (Lipinski definition) is 5. The summed E-state index contributed by atoms with van der Waals surface area (Å²) < 4.78 is 0. The normalized spacial score (nSPS) is 15.4. The van der Waals surface area contributed by atoms with E-state index >= 15 is 0 Å². The number of carbonyl (C=O) groups is 1. The summed E-state index contributed by atoms with van der Waals surface area (Å²) >= 11 is 7.55. The molecular weight excluding hydrogens is 440 g/mol. The van der Waals surface area contributed by atoms with Crippen molar-refractivity contribution in [2.24, 2.45) is 5.10 Å². The van der Waals surface area contributed by atoms with Gasteiger partial charge in [-0.3, -0.25) is 4.79 Å². The minimum absolute atomic E-state index is 0.0659. The second-order valence-electron chi connectivity index (χ2n) is 7.37. The molecule has 1 aromatic heterocycles. The Labute approximate surface area is 195 Å². The molecule has 158 valence electrons. The van der Waals surface area contributed by atoms with Crippen molar-refractivity contribution in [3.8, 4) is 11.3 Å². The number of hydrazone groups is 1. The standard InChI is InChI=1S/C25H19ClN4OS/c26-19-11-12-21-20(15-19)24(18-9-5-2-6-10-18)29-25(28-21)32-16-23(31)30-22(13-14-27-30)17-7-3-1-4-8-17/h1-12,14-15,22H,13,16H2. The summed E-state index contributed by atoms with van der Waals surface area (Å²) in [6.45, 7) is 0. The van der Waals surface area contributed by atoms with E-state index in [1.807, 2.05) is 78.9 Å². The molecule has 0 saturated heterocycles. The zero-order chi connectivity index (χ0) is 21.9. The maximum Gasteiger partial charge on any atom is 0.253 e. The second kappa shape index (κ2) is 9.10. The van der Waals surface area contributed by atoms with E-state index in [1.54, 1.807) is 11.2 Å². The van der Waals surface area contributed by atoms with E-state index in [9.17, 15) is 4.79 Å². The molecule has 1 aliphatic rings. The van der Waals surface area contributed by atoms with Gasteiger partial charge in [-0.05, 0) is 23.8 Å². The third-order valence-corrected chi connectivity index (χ3v) is 6.35. The minimum Gasteiger partial charge on any atom is -0.272 e. The van der Waals surface area contributed by atoms with Gasteiger partial charge in [0.15, 0.2) is 5.16 Å².